The summed E-state index contributed by atoms with van der Waals surface area (Å²) < 4.78 is 1.52. The van der Waals surface area contributed by atoms with Gasteiger partial charge in [0.1, 0.15) is 11.3 Å². The van der Waals surface area contributed by atoms with Crippen molar-refractivity contribution in [1.29, 1.82) is 0 Å². The highest BCUT2D eigenvalue weighted by atomic mass is 79.9. The molecule has 1 amide bonds. The van der Waals surface area contributed by atoms with E-state index in [1.807, 2.05) is 0 Å². The smallest absolute Gasteiger partial charge is 0.284 e. The van der Waals surface area contributed by atoms with Crippen LogP contribution in [0.15, 0.2) is 39.6 Å². The summed E-state index contributed by atoms with van der Waals surface area (Å²) in [6.45, 7) is 2.71. The van der Waals surface area contributed by atoms with Crippen LogP contribution >= 0.6 is 15.9 Å². The van der Waals surface area contributed by atoms with Crippen molar-refractivity contribution >= 4 is 27.6 Å². The van der Waals surface area contributed by atoms with Gasteiger partial charge in [0.15, 0.2) is 5.78 Å². The summed E-state index contributed by atoms with van der Waals surface area (Å²) in [7, 11) is 0. The predicted molar refractivity (Wildman–Crippen MR) is 84.9 cm³/mol. The van der Waals surface area contributed by atoms with Crippen molar-refractivity contribution in [2.45, 2.75) is 13.8 Å². The quantitative estimate of drug-likeness (QED) is 0.817. The van der Waals surface area contributed by atoms with Crippen LogP contribution in [0.1, 0.15) is 33.3 Å². The normalized spacial score (nSPS) is 10.3. The number of amides is 1. The molecule has 2 rings (SSSR count). The number of ketones is 1. The zero-order chi connectivity index (χ0) is 16.4. The minimum Gasteiger partial charge on any atom is -0.507 e. The van der Waals surface area contributed by atoms with Crippen LogP contribution in [0.25, 0.3) is 0 Å². The summed E-state index contributed by atoms with van der Waals surface area (Å²) in [5, 5.41) is 9.71. The van der Waals surface area contributed by atoms with E-state index >= 15 is 0 Å². The number of carbonyl (C=O) groups is 2. The third-order valence-electron chi connectivity index (χ3n) is 3.06. The van der Waals surface area contributed by atoms with Crippen LogP contribution < -0.4 is 11.0 Å². The van der Waals surface area contributed by atoms with E-state index in [2.05, 4.69) is 21.4 Å². The largest absolute Gasteiger partial charge is 0.507 e. The van der Waals surface area contributed by atoms with Crippen LogP contribution in [0.3, 0.4) is 0 Å². The lowest BCUT2D eigenvalue weighted by molar-refractivity contribution is 0.0992. The Kier molecular flexibility index (Phi) is 4.46. The van der Waals surface area contributed by atoms with Gasteiger partial charge in [0.2, 0.25) is 0 Å². The Morgan fingerprint density at radius 3 is 2.50 bits per heavy atom. The first-order chi connectivity index (χ1) is 10.3. The van der Waals surface area contributed by atoms with Crippen LogP contribution in [-0.2, 0) is 0 Å². The van der Waals surface area contributed by atoms with Gasteiger partial charge in [-0.2, -0.15) is 0 Å². The first-order valence-electron chi connectivity index (χ1n) is 6.35. The first kappa shape index (κ1) is 16.0. The molecule has 0 saturated carbocycles. The van der Waals surface area contributed by atoms with E-state index in [-0.39, 0.29) is 5.56 Å². The summed E-state index contributed by atoms with van der Waals surface area (Å²) in [4.78, 5) is 36.0. The summed E-state index contributed by atoms with van der Waals surface area (Å²) in [5.74, 6) is -1.49. The van der Waals surface area contributed by atoms with Crippen LogP contribution in [0.4, 0.5) is 0 Å². The van der Waals surface area contributed by atoms with Gasteiger partial charge in [-0.3, -0.25) is 19.8 Å². The molecule has 1 aromatic carbocycles. The molecule has 2 N–H and O–H groups in total. The van der Waals surface area contributed by atoms with Crippen molar-refractivity contribution in [2.75, 3.05) is 5.43 Å². The van der Waals surface area contributed by atoms with E-state index in [4.69, 9.17) is 0 Å². The van der Waals surface area contributed by atoms with Crippen molar-refractivity contribution in [2.24, 2.45) is 0 Å². The molecule has 0 fully saturated rings. The molecular formula is C15H13BrN2O4. The highest BCUT2D eigenvalue weighted by Crippen LogP contribution is 2.17. The average Bonchev–Trinajstić information content (AvgIpc) is 2.43. The number of carbonyl (C=O) groups excluding carboxylic acids is 2. The lowest BCUT2D eigenvalue weighted by Crippen LogP contribution is -2.37. The van der Waals surface area contributed by atoms with E-state index in [1.54, 1.807) is 24.3 Å². The highest BCUT2D eigenvalue weighted by molar-refractivity contribution is 9.10. The molecule has 0 bridgehead atoms. The minimum absolute atomic E-state index is 0.299. The van der Waals surface area contributed by atoms with Crippen molar-refractivity contribution in [3.05, 3.63) is 62.0 Å². The molecular weight excluding hydrogens is 352 g/mol. The second-order valence-electron chi connectivity index (χ2n) is 4.66. The van der Waals surface area contributed by atoms with Gasteiger partial charge >= 0.3 is 0 Å². The van der Waals surface area contributed by atoms with E-state index < -0.39 is 23.0 Å². The Hall–Kier alpha value is -2.41. The van der Waals surface area contributed by atoms with Crippen molar-refractivity contribution in [3.8, 4) is 5.75 Å². The highest BCUT2D eigenvalue weighted by Gasteiger charge is 2.18. The molecule has 22 heavy (non-hydrogen) atoms. The predicted octanol–water partition coefficient (Wildman–Crippen LogP) is 2.21. The summed E-state index contributed by atoms with van der Waals surface area (Å²) in [6, 6.07) is 7.98. The summed E-state index contributed by atoms with van der Waals surface area (Å²) in [6.07, 6.45) is 0. The fraction of sp³-hybridized carbons (Fsp3) is 0.133. The van der Waals surface area contributed by atoms with Crippen LogP contribution in [0.2, 0.25) is 0 Å². The van der Waals surface area contributed by atoms with Gasteiger partial charge in [-0.1, -0.05) is 12.1 Å². The Morgan fingerprint density at radius 2 is 1.91 bits per heavy atom. The third-order valence-corrected chi connectivity index (χ3v) is 3.75. The molecule has 1 aromatic heterocycles. The summed E-state index contributed by atoms with van der Waals surface area (Å²) >= 11 is 3.25. The van der Waals surface area contributed by atoms with Crippen molar-refractivity contribution in [3.63, 3.8) is 0 Å². The molecule has 1 heterocycles. The number of halogens is 1. The molecule has 7 heteroatoms. The second kappa shape index (κ2) is 6.15. The molecule has 0 saturated heterocycles. The van der Waals surface area contributed by atoms with Gasteiger partial charge in [-0.15, -0.1) is 0 Å². The lowest BCUT2D eigenvalue weighted by Gasteiger charge is -2.14. The Bertz CT molecular complexity index is 827. The van der Waals surface area contributed by atoms with Crippen molar-refractivity contribution < 1.29 is 14.7 Å². The number of nitrogens with one attached hydrogen (secondary N) is 1. The monoisotopic (exact) mass is 364 g/mol. The Balaban J connectivity index is 2.49. The van der Waals surface area contributed by atoms with Gasteiger partial charge in [0.25, 0.3) is 11.5 Å². The maximum absolute atomic E-state index is 12.3. The van der Waals surface area contributed by atoms with E-state index in [0.29, 0.717) is 15.7 Å². The zero-order valence-electron chi connectivity index (χ0n) is 11.9. The number of Topliss-reactive ketones (excluding diaryl/α,β-unsaturated/α-hetero) is 1. The molecule has 2 aromatic rings. The Morgan fingerprint density at radius 1 is 1.27 bits per heavy atom. The lowest BCUT2D eigenvalue weighted by atomic mass is 10.1. The number of aromatic hydroxyl groups is 1. The molecule has 114 valence electrons. The van der Waals surface area contributed by atoms with Gasteiger partial charge in [0, 0.05) is 16.2 Å². The number of hydrogen-bond acceptors (Lipinski definition) is 4. The molecule has 0 aliphatic rings. The summed E-state index contributed by atoms with van der Waals surface area (Å²) in [5.41, 5.74) is 1.93. The number of aryl methyl sites for hydroxylation is 1. The van der Waals surface area contributed by atoms with Gasteiger partial charge in [-0.05, 0) is 41.9 Å². The molecule has 0 radical (unpaired) electrons. The fourth-order valence-corrected chi connectivity index (χ4v) is 2.46. The van der Waals surface area contributed by atoms with Gasteiger partial charge < -0.3 is 5.11 Å². The molecule has 0 unspecified atom stereocenters. The maximum atomic E-state index is 12.3. The Labute approximate surface area is 134 Å². The number of hydrogen-bond donors (Lipinski definition) is 2. The van der Waals surface area contributed by atoms with Gasteiger partial charge in [-0.25, -0.2) is 4.68 Å². The average molecular weight is 365 g/mol. The third kappa shape index (κ3) is 2.94. The number of nitrogens with zero attached hydrogens (tertiary/aromatic N) is 1. The number of aromatic nitrogens is 1. The molecule has 0 atom stereocenters. The number of rotatable bonds is 3. The number of pyridine rings is 1. The number of benzene rings is 1. The minimum atomic E-state index is -0.773. The zero-order valence-corrected chi connectivity index (χ0v) is 13.5. The van der Waals surface area contributed by atoms with Gasteiger partial charge in [0.05, 0.1) is 5.56 Å². The van der Waals surface area contributed by atoms with Crippen LogP contribution in [0.5, 0.6) is 5.75 Å². The van der Waals surface area contributed by atoms with E-state index in [1.165, 1.54) is 19.9 Å². The van der Waals surface area contributed by atoms with E-state index in [9.17, 15) is 19.5 Å². The van der Waals surface area contributed by atoms with E-state index in [0.717, 1.165) is 4.68 Å². The molecule has 0 aliphatic heterocycles. The van der Waals surface area contributed by atoms with Crippen LogP contribution in [-0.4, -0.2) is 21.5 Å². The standard InChI is InChI=1S/C15H13BrN2O4/c1-8-7-12(20)13(9(2)19)15(22)18(8)17-14(21)10-5-3-4-6-11(10)16/h3-7,20H,1-2H3,(H,17,21). The molecule has 6 nitrogen and oxygen atoms in total. The topological polar surface area (TPSA) is 88.4 Å². The van der Waals surface area contributed by atoms with Crippen molar-refractivity contribution in [1.82, 2.24) is 4.68 Å². The fourth-order valence-electron chi connectivity index (χ4n) is 1.99. The van der Waals surface area contributed by atoms with Crippen LogP contribution in [0, 0.1) is 6.92 Å². The molecule has 0 spiro atoms. The SMILES string of the molecule is CC(=O)c1c(O)cc(C)n(NC(=O)c2ccccc2Br)c1=O. The maximum Gasteiger partial charge on any atom is 0.284 e. The first-order valence-corrected chi connectivity index (χ1v) is 7.14. The molecule has 0 aliphatic carbocycles. The second-order valence-corrected chi connectivity index (χ2v) is 5.52.